The van der Waals surface area contributed by atoms with Crippen molar-refractivity contribution < 1.29 is 5.11 Å². The van der Waals surface area contributed by atoms with Gasteiger partial charge in [0.2, 0.25) is 0 Å². The van der Waals surface area contributed by atoms with Crippen LogP contribution in [-0.2, 0) is 0 Å². The van der Waals surface area contributed by atoms with Crippen molar-refractivity contribution in [3.63, 3.8) is 0 Å². The molecule has 2 heteroatoms. The highest BCUT2D eigenvalue weighted by molar-refractivity contribution is 5.81. The lowest BCUT2D eigenvalue weighted by atomic mass is 9.88. The van der Waals surface area contributed by atoms with E-state index < -0.39 is 0 Å². The van der Waals surface area contributed by atoms with Gasteiger partial charge in [0, 0.05) is 23.9 Å². The fourth-order valence-corrected chi connectivity index (χ4v) is 2.70. The molecule has 1 aromatic carbocycles. The van der Waals surface area contributed by atoms with E-state index in [9.17, 15) is 5.11 Å². The first-order valence-corrected chi connectivity index (χ1v) is 6.26. The summed E-state index contributed by atoms with van der Waals surface area (Å²) in [6.07, 6.45) is 3.41. The smallest absolute Gasteiger partial charge is 0.117 e. The van der Waals surface area contributed by atoms with Crippen LogP contribution in [0.15, 0.2) is 24.3 Å². The van der Waals surface area contributed by atoms with Crippen molar-refractivity contribution in [2.75, 3.05) is 11.4 Å². The van der Waals surface area contributed by atoms with Crippen molar-refractivity contribution in [3.8, 4) is 5.75 Å². The van der Waals surface area contributed by atoms with Crippen LogP contribution in [0.4, 0.5) is 5.69 Å². The second-order valence-corrected chi connectivity index (χ2v) is 5.33. The molecule has 0 saturated heterocycles. The monoisotopic (exact) mass is 231 g/mol. The zero-order valence-corrected chi connectivity index (χ0v) is 11.1. The van der Waals surface area contributed by atoms with Crippen molar-refractivity contribution in [2.45, 2.75) is 39.7 Å². The summed E-state index contributed by atoms with van der Waals surface area (Å²) in [5.41, 5.74) is 3.69. The molecule has 0 radical (unpaired) electrons. The maximum absolute atomic E-state index is 9.68. The van der Waals surface area contributed by atoms with Crippen LogP contribution in [-0.4, -0.2) is 17.2 Å². The van der Waals surface area contributed by atoms with Crippen molar-refractivity contribution in [1.82, 2.24) is 0 Å². The number of fused-ring (bicyclic) bond motifs is 1. The average molecular weight is 231 g/mol. The highest BCUT2D eigenvalue weighted by Gasteiger charge is 2.30. The van der Waals surface area contributed by atoms with Crippen molar-refractivity contribution in [2.24, 2.45) is 0 Å². The lowest BCUT2D eigenvalue weighted by Gasteiger charge is -2.43. The van der Waals surface area contributed by atoms with Crippen LogP contribution in [0.3, 0.4) is 0 Å². The molecule has 92 valence electrons. The van der Waals surface area contributed by atoms with E-state index in [-0.39, 0.29) is 5.54 Å². The maximum Gasteiger partial charge on any atom is 0.117 e. The number of benzene rings is 1. The molecular weight excluding hydrogens is 210 g/mol. The number of anilines is 1. The lowest BCUT2D eigenvalue weighted by Crippen LogP contribution is -2.45. The Morgan fingerprint density at radius 1 is 1.29 bits per heavy atom. The quantitative estimate of drug-likeness (QED) is 0.836. The summed E-state index contributed by atoms with van der Waals surface area (Å²) in [5, 5.41) is 9.68. The van der Waals surface area contributed by atoms with E-state index in [0.717, 1.165) is 18.7 Å². The van der Waals surface area contributed by atoms with Crippen LogP contribution in [0.1, 0.15) is 39.7 Å². The third kappa shape index (κ3) is 2.04. The second-order valence-electron chi connectivity index (χ2n) is 5.33. The number of phenols is 1. The van der Waals surface area contributed by atoms with Gasteiger partial charge in [0.1, 0.15) is 5.75 Å². The molecule has 1 N–H and O–H groups in total. The number of nitrogens with zero attached hydrogens (tertiary/aromatic N) is 1. The van der Waals surface area contributed by atoms with Gasteiger partial charge in [0.15, 0.2) is 0 Å². The molecule has 0 saturated carbocycles. The topological polar surface area (TPSA) is 23.5 Å². The first-order chi connectivity index (χ1) is 7.95. The van der Waals surface area contributed by atoms with Crippen LogP contribution in [0.2, 0.25) is 0 Å². The van der Waals surface area contributed by atoms with Gasteiger partial charge in [-0.3, -0.25) is 0 Å². The Labute approximate surface area is 104 Å². The van der Waals surface area contributed by atoms with E-state index in [1.807, 2.05) is 12.1 Å². The van der Waals surface area contributed by atoms with E-state index in [0.29, 0.717) is 5.75 Å². The van der Waals surface area contributed by atoms with Gasteiger partial charge in [0.05, 0.1) is 5.54 Å². The van der Waals surface area contributed by atoms with Gasteiger partial charge < -0.3 is 10.0 Å². The first-order valence-electron chi connectivity index (χ1n) is 6.26. The summed E-state index contributed by atoms with van der Waals surface area (Å²) in [5.74, 6) is 0.343. The zero-order valence-electron chi connectivity index (χ0n) is 11.1. The Hall–Kier alpha value is -1.44. The minimum Gasteiger partial charge on any atom is -0.508 e. The highest BCUT2D eigenvalue weighted by Crippen LogP contribution is 2.40. The van der Waals surface area contributed by atoms with E-state index in [1.54, 1.807) is 6.07 Å². The van der Waals surface area contributed by atoms with E-state index in [4.69, 9.17) is 0 Å². The summed E-state index contributed by atoms with van der Waals surface area (Å²) in [6, 6.07) is 5.65. The minimum absolute atomic E-state index is 0.0148. The Morgan fingerprint density at radius 2 is 2.00 bits per heavy atom. The van der Waals surface area contributed by atoms with Crippen molar-refractivity contribution in [1.29, 1.82) is 0 Å². The molecule has 0 bridgehead atoms. The number of phenolic OH excluding ortho intramolecular Hbond substituents is 1. The molecule has 0 aromatic heterocycles. The summed E-state index contributed by atoms with van der Waals surface area (Å²) in [4.78, 5) is 2.37. The van der Waals surface area contributed by atoms with Crippen LogP contribution in [0.25, 0.3) is 5.57 Å². The Morgan fingerprint density at radius 3 is 2.65 bits per heavy atom. The molecule has 2 nitrogen and oxygen atoms in total. The van der Waals surface area contributed by atoms with Gasteiger partial charge in [-0.1, -0.05) is 13.0 Å². The lowest BCUT2D eigenvalue weighted by molar-refractivity contribution is 0.473. The molecule has 0 aliphatic carbocycles. The molecule has 1 heterocycles. The van der Waals surface area contributed by atoms with E-state index in [2.05, 4.69) is 38.7 Å². The summed E-state index contributed by atoms with van der Waals surface area (Å²) < 4.78 is 0. The van der Waals surface area contributed by atoms with Gasteiger partial charge >= 0.3 is 0 Å². The molecule has 0 fully saturated rings. The fraction of sp³-hybridized carbons (Fsp3) is 0.467. The minimum atomic E-state index is 0.0148. The summed E-state index contributed by atoms with van der Waals surface area (Å²) >= 11 is 0. The fourth-order valence-electron chi connectivity index (χ4n) is 2.70. The molecule has 1 aromatic rings. The van der Waals surface area contributed by atoms with Gasteiger partial charge in [0.25, 0.3) is 0 Å². The standard InChI is InChI=1S/C15H21NO/c1-5-8-16-14-9-12(17)6-7-13(14)11(2)10-15(16,3)4/h6-7,9-10,17H,5,8H2,1-4H3. The van der Waals surface area contributed by atoms with Crippen LogP contribution in [0.5, 0.6) is 5.75 Å². The number of hydrogen-bond acceptors (Lipinski definition) is 2. The molecule has 2 rings (SSSR count). The van der Waals surface area contributed by atoms with E-state index >= 15 is 0 Å². The highest BCUT2D eigenvalue weighted by atomic mass is 16.3. The normalized spacial score (nSPS) is 17.6. The molecule has 0 unspecified atom stereocenters. The maximum atomic E-state index is 9.68. The van der Waals surface area contributed by atoms with Gasteiger partial charge in [-0.05, 0) is 44.9 Å². The SMILES string of the molecule is CCCN1c2cc(O)ccc2C(C)=CC1(C)C. The molecule has 17 heavy (non-hydrogen) atoms. The molecule has 0 atom stereocenters. The van der Waals surface area contributed by atoms with Crippen LogP contribution >= 0.6 is 0 Å². The number of rotatable bonds is 2. The second kappa shape index (κ2) is 4.10. The molecule has 0 spiro atoms. The van der Waals surface area contributed by atoms with Gasteiger partial charge in [-0.2, -0.15) is 0 Å². The predicted molar refractivity (Wildman–Crippen MR) is 73.5 cm³/mol. The predicted octanol–water partition coefficient (Wildman–Crippen LogP) is 3.80. The molecule has 0 amide bonds. The van der Waals surface area contributed by atoms with Gasteiger partial charge in [-0.15, -0.1) is 0 Å². The van der Waals surface area contributed by atoms with E-state index in [1.165, 1.54) is 11.1 Å². The van der Waals surface area contributed by atoms with Crippen molar-refractivity contribution >= 4 is 11.3 Å². The third-order valence-corrected chi connectivity index (χ3v) is 3.41. The summed E-state index contributed by atoms with van der Waals surface area (Å²) in [7, 11) is 0. The Kier molecular flexibility index (Phi) is 2.90. The molecule has 1 aliphatic rings. The van der Waals surface area contributed by atoms with Crippen LogP contribution in [0, 0.1) is 0 Å². The Bertz CT molecular complexity index is 460. The third-order valence-electron chi connectivity index (χ3n) is 3.41. The number of aromatic hydroxyl groups is 1. The van der Waals surface area contributed by atoms with Gasteiger partial charge in [-0.25, -0.2) is 0 Å². The zero-order chi connectivity index (χ0) is 12.6. The largest absolute Gasteiger partial charge is 0.508 e. The van der Waals surface area contributed by atoms with Crippen LogP contribution < -0.4 is 4.90 Å². The molecule has 1 aliphatic heterocycles. The average Bonchev–Trinajstić information content (AvgIpc) is 2.23. The number of allylic oxidation sites excluding steroid dienone is 1. The van der Waals surface area contributed by atoms with Crippen molar-refractivity contribution in [3.05, 3.63) is 29.8 Å². The summed E-state index contributed by atoms with van der Waals surface area (Å²) in [6.45, 7) is 9.77. The first kappa shape index (κ1) is 12.0. The molecular formula is C15H21NO. The number of hydrogen-bond donors (Lipinski definition) is 1. The Balaban J connectivity index is 2.58.